The van der Waals surface area contributed by atoms with Gasteiger partial charge in [-0.15, -0.1) is 0 Å². The first-order chi connectivity index (χ1) is 16.3. The van der Waals surface area contributed by atoms with Crippen molar-refractivity contribution in [1.29, 1.82) is 0 Å². The number of hydrogen-bond acceptors (Lipinski definition) is 3. The molecule has 0 radical (unpaired) electrons. The van der Waals surface area contributed by atoms with E-state index in [1.54, 1.807) is 12.1 Å². The number of hydrogen-bond donors (Lipinski definition) is 1. The maximum Gasteiger partial charge on any atom is 0.125 e. The summed E-state index contributed by atoms with van der Waals surface area (Å²) in [5, 5.41) is 5.17. The summed E-state index contributed by atoms with van der Waals surface area (Å²) in [5.41, 5.74) is 2.94. The van der Waals surface area contributed by atoms with Crippen molar-refractivity contribution in [2.24, 2.45) is 0 Å². The van der Waals surface area contributed by atoms with Crippen molar-refractivity contribution < 1.29 is 13.9 Å². The van der Waals surface area contributed by atoms with E-state index in [2.05, 4.69) is 36.7 Å². The standard InChI is InChI=1S/C28H38ClFN2O2/c1-28(2,3)34-16-7-5-4-6-15-33-17-13-31-20-23-18-25(30)19-27-26(23)12-14-32(27)21-22-8-10-24(29)11-9-22/h8-12,14,18-19,31H,4-7,13,15-17,20-21H2,1-3H3. The molecule has 0 bridgehead atoms. The largest absolute Gasteiger partial charge is 0.380 e. The summed E-state index contributed by atoms with van der Waals surface area (Å²) in [6, 6.07) is 13.0. The van der Waals surface area contributed by atoms with E-state index in [0.717, 1.165) is 61.1 Å². The number of rotatable bonds is 14. The molecule has 0 fully saturated rings. The highest BCUT2D eigenvalue weighted by molar-refractivity contribution is 6.30. The molecule has 3 aromatic rings. The molecule has 3 rings (SSSR count). The Kier molecular flexibility index (Phi) is 10.4. The van der Waals surface area contributed by atoms with Crippen LogP contribution in [0.25, 0.3) is 10.9 Å². The molecule has 2 aromatic carbocycles. The van der Waals surface area contributed by atoms with Crippen LogP contribution in [0.15, 0.2) is 48.7 Å². The van der Waals surface area contributed by atoms with Gasteiger partial charge < -0.3 is 19.4 Å². The Hall–Kier alpha value is -1.92. The molecule has 1 heterocycles. The van der Waals surface area contributed by atoms with Crippen LogP contribution in [0, 0.1) is 5.82 Å². The fourth-order valence-electron chi connectivity index (χ4n) is 3.91. The smallest absolute Gasteiger partial charge is 0.125 e. The van der Waals surface area contributed by atoms with Gasteiger partial charge in [-0.25, -0.2) is 4.39 Å². The zero-order valence-electron chi connectivity index (χ0n) is 20.7. The van der Waals surface area contributed by atoms with Gasteiger partial charge in [0.05, 0.1) is 17.7 Å². The molecule has 1 aromatic heterocycles. The number of nitrogens with zero attached hydrogens (tertiary/aromatic N) is 1. The molecule has 0 unspecified atom stereocenters. The summed E-state index contributed by atoms with van der Waals surface area (Å²) in [4.78, 5) is 0. The summed E-state index contributed by atoms with van der Waals surface area (Å²) in [7, 11) is 0. The first kappa shape index (κ1) is 26.7. The molecule has 6 heteroatoms. The van der Waals surface area contributed by atoms with Gasteiger partial charge in [0.1, 0.15) is 5.82 Å². The van der Waals surface area contributed by atoms with Crippen LogP contribution in [0.3, 0.4) is 0 Å². The molecule has 186 valence electrons. The second kappa shape index (κ2) is 13.2. The lowest BCUT2D eigenvalue weighted by Gasteiger charge is -2.19. The van der Waals surface area contributed by atoms with Gasteiger partial charge in [0.15, 0.2) is 0 Å². The van der Waals surface area contributed by atoms with E-state index < -0.39 is 0 Å². The van der Waals surface area contributed by atoms with Crippen molar-refractivity contribution in [3.8, 4) is 0 Å². The lowest BCUT2D eigenvalue weighted by atomic mass is 10.1. The quantitative estimate of drug-likeness (QED) is 0.249. The second-order valence-electron chi connectivity index (χ2n) is 9.73. The normalized spacial score (nSPS) is 12.0. The zero-order valence-corrected chi connectivity index (χ0v) is 21.5. The Morgan fingerprint density at radius 2 is 1.68 bits per heavy atom. The number of benzene rings is 2. The Morgan fingerprint density at radius 3 is 2.41 bits per heavy atom. The van der Waals surface area contributed by atoms with Crippen LogP contribution in [-0.2, 0) is 22.6 Å². The van der Waals surface area contributed by atoms with Crippen molar-refractivity contribution in [2.45, 2.75) is 65.1 Å². The van der Waals surface area contributed by atoms with E-state index in [4.69, 9.17) is 21.1 Å². The summed E-state index contributed by atoms with van der Waals surface area (Å²) >= 11 is 5.99. The minimum Gasteiger partial charge on any atom is -0.380 e. The number of nitrogens with one attached hydrogen (secondary N) is 1. The summed E-state index contributed by atoms with van der Waals surface area (Å²) in [6.07, 6.45) is 6.52. The summed E-state index contributed by atoms with van der Waals surface area (Å²) < 4.78 is 27.9. The second-order valence-corrected chi connectivity index (χ2v) is 10.2. The first-order valence-corrected chi connectivity index (χ1v) is 12.6. The average molecular weight is 489 g/mol. The van der Waals surface area contributed by atoms with Crippen LogP contribution in [0.5, 0.6) is 0 Å². The van der Waals surface area contributed by atoms with Crippen LogP contribution in [0.2, 0.25) is 5.02 Å². The van der Waals surface area contributed by atoms with Crippen molar-refractivity contribution >= 4 is 22.5 Å². The van der Waals surface area contributed by atoms with Gasteiger partial charge >= 0.3 is 0 Å². The van der Waals surface area contributed by atoms with Crippen molar-refractivity contribution in [2.75, 3.05) is 26.4 Å². The predicted octanol–water partition coefficient (Wildman–Crippen LogP) is 6.96. The molecule has 0 saturated heterocycles. The fourth-order valence-corrected chi connectivity index (χ4v) is 4.04. The Bertz CT molecular complexity index is 1010. The van der Waals surface area contributed by atoms with E-state index in [0.29, 0.717) is 24.7 Å². The van der Waals surface area contributed by atoms with E-state index in [9.17, 15) is 4.39 Å². The molecule has 34 heavy (non-hydrogen) atoms. The topological polar surface area (TPSA) is 35.4 Å². The highest BCUT2D eigenvalue weighted by Crippen LogP contribution is 2.23. The van der Waals surface area contributed by atoms with E-state index in [-0.39, 0.29) is 11.4 Å². The molecule has 0 spiro atoms. The van der Waals surface area contributed by atoms with Gasteiger partial charge in [0, 0.05) is 49.5 Å². The Balaban J connectivity index is 1.36. The number of halogens is 2. The molecule has 0 aliphatic rings. The van der Waals surface area contributed by atoms with Crippen LogP contribution in [-0.4, -0.2) is 36.5 Å². The molecule has 0 amide bonds. The molecule has 0 aliphatic carbocycles. The van der Waals surface area contributed by atoms with E-state index in [1.807, 2.05) is 30.5 Å². The SMILES string of the molecule is CC(C)(C)OCCCCCCOCCNCc1cc(F)cc2c1ccn2Cc1ccc(Cl)cc1. The van der Waals surface area contributed by atoms with Crippen LogP contribution in [0.1, 0.15) is 57.6 Å². The van der Waals surface area contributed by atoms with E-state index in [1.165, 1.54) is 6.42 Å². The lowest BCUT2D eigenvalue weighted by molar-refractivity contribution is -0.00491. The van der Waals surface area contributed by atoms with Gasteiger partial charge in [-0.3, -0.25) is 0 Å². The highest BCUT2D eigenvalue weighted by atomic mass is 35.5. The van der Waals surface area contributed by atoms with Gasteiger partial charge in [0.25, 0.3) is 0 Å². The Labute approximate surface area is 208 Å². The summed E-state index contributed by atoms with van der Waals surface area (Å²) in [6.45, 7) is 10.5. The Morgan fingerprint density at radius 1 is 0.941 bits per heavy atom. The van der Waals surface area contributed by atoms with Gasteiger partial charge in [-0.1, -0.05) is 36.6 Å². The van der Waals surface area contributed by atoms with Crippen LogP contribution >= 0.6 is 11.6 Å². The third-order valence-electron chi connectivity index (χ3n) is 5.66. The third-order valence-corrected chi connectivity index (χ3v) is 5.91. The number of unbranched alkanes of at least 4 members (excludes halogenated alkanes) is 3. The molecule has 0 atom stereocenters. The molecule has 0 saturated carbocycles. The maximum absolute atomic E-state index is 14.3. The maximum atomic E-state index is 14.3. The third kappa shape index (κ3) is 9.03. The number of fused-ring (bicyclic) bond motifs is 1. The van der Waals surface area contributed by atoms with Crippen molar-refractivity contribution in [3.63, 3.8) is 0 Å². The van der Waals surface area contributed by atoms with Gasteiger partial charge in [0.2, 0.25) is 0 Å². The van der Waals surface area contributed by atoms with Gasteiger partial charge in [-0.2, -0.15) is 0 Å². The van der Waals surface area contributed by atoms with Crippen molar-refractivity contribution in [3.05, 3.63) is 70.6 Å². The molecular weight excluding hydrogens is 451 g/mol. The number of aromatic nitrogens is 1. The van der Waals surface area contributed by atoms with E-state index >= 15 is 0 Å². The number of ether oxygens (including phenoxy) is 2. The first-order valence-electron chi connectivity index (χ1n) is 12.3. The molecule has 1 N–H and O–H groups in total. The highest BCUT2D eigenvalue weighted by Gasteiger charge is 2.10. The average Bonchev–Trinajstić information content (AvgIpc) is 3.17. The summed E-state index contributed by atoms with van der Waals surface area (Å²) in [5.74, 6) is -0.218. The zero-order chi connectivity index (χ0) is 24.4. The van der Waals surface area contributed by atoms with Gasteiger partial charge in [-0.05, 0) is 75.1 Å². The fraction of sp³-hybridized carbons (Fsp3) is 0.500. The molecule has 4 nitrogen and oxygen atoms in total. The van der Waals surface area contributed by atoms with Crippen LogP contribution < -0.4 is 5.32 Å². The van der Waals surface area contributed by atoms with Crippen molar-refractivity contribution in [1.82, 2.24) is 9.88 Å². The molecular formula is C28H38ClFN2O2. The minimum atomic E-state index is -0.218. The van der Waals surface area contributed by atoms with Crippen LogP contribution in [0.4, 0.5) is 4.39 Å². The minimum absolute atomic E-state index is 0.0468. The predicted molar refractivity (Wildman–Crippen MR) is 139 cm³/mol. The molecule has 0 aliphatic heterocycles. The monoisotopic (exact) mass is 488 g/mol. The lowest BCUT2D eigenvalue weighted by Crippen LogP contribution is -2.20.